The molecule has 1 aromatic rings. The van der Waals surface area contributed by atoms with Crippen LogP contribution in [0.4, 0.5) is 0 Å². The Morgan fingerprint density at radius 2 is 1.85 bits per heavy atom. The van der Waals surface area contributed by atoms with Crippen molar-refractivity contribution in [3.8, 4) is 5.75 Å². The van der Waals surface area contributed by atoms with E-state index in [-0.39, 0.29) is 12.0 Å². The molecule has 0 heterocycles. The van der Waals surface area contributed by atoms with Crippen LogP contribution in [0, 0.1) is 20.8 Å². The fourth-order valence-electron chi connectivity index (χ4n) is 2.37. The molecule has 1 aromatic carbocycles. The molecule has 0 aliphatic carbocycles. The highest BCUT2D eigenvalue weighted by Crippen LogP contribution is 2.24. The zero-order chi connectivity index (χ0) is 15.1. The second-order valence-corrected chi connectivity index (χ2v) is 5.00. The number of hydrogen-bond acceptors (Lipinski definition) is 4. The number of carbonyl (C=O) groups excluding carboxylic acids is 1. The number of esters is 1. The molecule has 1 N–H and O–H groups in total. The van der Waals surface area contributed by atoms with Gasteiger partial charge in [0.2, 0.25) is 0 Å². The lowest BCUT2D eigenvalue weighted by Gasteiger charge is -2.17. The van der Waals surface area contributed by atoms with Crippen LogP contribution in [-0.2, 0) is 9.53 Å². The van der Waals surface area contributed by atoms with Crippen LogP contribution < -0.4 is 10.1 Å². The van der Waals surface area contributed by atoms with Gasteiger partial charge in [0.05, 0.1) is 13.7 Å². The molecule has 0 radical (unpaired) electrons. The van der Waals surface area contributed by atoms with Gasteiger partial charge in [-0.25, -0.2) is 0 Å². The van der Waals surface area contributed by atoms with E-state index in [4.69, 9.17) is 9.47 Å². The topological polar surface area (TPSA) is 47.6 Å². The number of benzene rings is 1. The van der Waals surface area contributed by atoms with Gasteiger partial charge in [-0.1, -0.05) is 24.6 Å². The lowest BCUT2D eigenvalue weighted by atomic mass is 10.1. The highest BCUT2D eigenvalue weighted by Gasteiger charge is 2.18. The molecular weight excluding hydrogens is 254 g/mol. The van der Waals surface area contributed by atoms with E-state index >= 15 is 0 Å². The standard InChI is InChI=1S/C16H25NO3/c1-6-17-14(16(18)19-5)7-8-20-15-12(3)9-11(2)10-13(15)4/h9-10,14,17H,6-8H2,1-5H3. The molecule has 4 nitrogen and oxygen atoms in total. The monoisotopic (exact) mass is 279 g/mol. The Hall–Kier alpha value is -1.55. The number of likely N-dealkylation sites (N-methyl/N-ethyl adjacent to an activating group) is 1. The van der Waals surface area contributed by atoms with Crippen LogP contribution in [0.15, 0.2) is 12.1 Å². The Bertz CT molecular complexity index is 434. The van der Waals surface area contributed by atoms with Crippen molar-refractivity contribution in [1.29, 1.82) is 0 Å². The summed E-state index contributed by atoms with van der Waals surface area (Å²) in [4.78, 5) is 11.6. The summed E-state index contributed by atoms with van der Waals surface area (Å²) in [5.74, 6) is 0.670. The molecule has 1 unspecified atom stereocenters. The number of hydrogen-bond donors (Lipinski definition) is 1. The molecule has 0 saturated carbocycles. The van der Waals surface area contributed by atoms with Crippen molar-refractivity contribution in [3.05, 3.63) is 28.8 Å². The zero-order valence-corrected chi connectivity index (χ0v) is 13.1. The molecule has 1 atom stereocenters. The summed E-state index contributed by atoms with van der Waals surface area (Å²) in [6.07, 6.45) is 0.591. The Labute approximate surface area is 121 Å². The quantitative estimate of drug-likeness (QED) is 0.779. The van der Waals surface area contributed by atoms with Crippen LogP contribution in [0.3, 0.4) is 0 Å². The normalized spacial score (nSPS) is 12.1. The maximum Gasteiger partial charge on any atom is 0.322 e. The van der Waals surface area contributed by atoms with Crippen LogP contribution in [0.5, 0.6) is 5.75 Å². The first-order valence-electron chi connectivity index (χ1n) is 7.01. The van der Waals surface area contributed by atoms with Gasteiger partial charge in [-0.2, -0.15) is 0 Å². The predicted octanol–water partition coefficient (Wildman–Crippen LogP) is 2.53. The number of carbonyl (C=O) groups is 1. The molecule has 0 aromatic heterocycles. The van der Waals surface area contributed by atoms with Gasteiger partial charge >= 0.3 is 5.97 Å². The van der Waals surface area contributed by atoms with Gasteiger partial charge < -0.3 is 14.8 Å². The van der Waals surface area contributed by atoms with Crippen LogP contribution >= 0.6 is 0 Å². The fraction of sp³-hybridized carbons (Fsp3) is 0.562. The Morgan fingerprint density at radius 3 is 2.35 bits per heavy atom. The lowest BCUT2D eigenvalue weighted by molar-refractivity contribution is -0.143. The van der Waals surface area contributed by atoms with E-state index in [9.17, 15) is 4.79 Å². The van der Waals surface area contributed by atoms with Crippen molar-refractivity contribution in [2.24, 2.45) is 0 Å². The van der Waals surface area contributed by atoms with Gasteiger partial charge in [0.15, 0.2) is 0 Å². The molecule has 0 aliphatic rings. The molecule has 0 amide bonds. The van der Waals surface area contributed by atoms with Crippen molar-refractivity contribution in [1.82, 2.24) is 5.32 Å². The predicted molar refractivity (Wildman–Crippen MR) is 80.2 cm³/mol. The number of nitrogens with one attached hydrogen (secondary N) is 1. The van der Waals surface area contributed by atoms with Crippen LogP contribution in [0.2, 0.25) is 0 Å². The summed E-state index contributed by atoms with van der Waals surface area (Å²) >= 11 is 0. The summed E-state index contributed by atoms with van der Waals surface area (Å²) in [6.45, 7) is 9.32. The van der Waals surface area contributed by atoms with E-state index < -0.39 is 0 Å². The van der Waals surface area contributed by atoms with E-state index in [1.807, 2.05) is 20.8 Å². The number of ether oxygens (including phenoxy) is 2. The van der Waals surface area contributed by atoms with Crippen molar-refractivity contribution in [3.63, 3.8) is 0 Å². The molecule has 0 fully saturated rings. The first kappa shape index (κ1) is 16.5. The van der Waals surface area contributed by atoms with E-state index in [1.165, 1.54) is 12.7 Å². The highest BCUT2D eigenvalue weighted by atomic mass is 16.5. The molecule has 4 heteroatoms. The highest BCUT2D eigenvalue weighted by molar-refractivity contribution is 5.75. The minimum Gasteiger partial charge on any atom is -0.493 e. The summed E-state index contributed by atoms with van der Waals surface area (Å²) in [5.41, 5.74) is 3.48. The maximum absolute atomic E-state index is 11.6. The van der Waals surface area contributed by atoms with E-state index in [0.29, 0.717) is 13.0 Å². The Balaban J connectivity index is 2.61. The number of aryl methyl sites for hydroxylation is 3. The zero-order valence-electron chi connectivity index (χ0n) is 13.1. The summed E-state index contributed by atoms with van der Waals surface area (Å²) in [7, 11) is 1.40. The first-order valence-corrected chi connectivity index (χ1v) is 7.01. The number of rotatable bonds is 7. The van der Waals surface area contributed by atoms with E-state index in [0.717, 1.165) is 23.4 Å². The molecular formula is C16H25NO3. The van der Waals surface area contributed by atoms with Crippen LogP contribution in [0.25, 0.3) is 0 Å². The third-order valence-electron chi connectivity index (χ3n) is 3.19. The number of methoxy groups -OCH3 is 1. The van der Waals surface area contributed by atoms with Gasteiger partial charge in [0.1, 0.15) is 11.8 Å². The molecule has 112 valence electrons. The summed E-state index contributed by atoms with van der Waals surface area (Å²) in [5, 5.41) is 3.10. The SMILES string of the molecule is CCNC(CCOc1c(C)cc(C)cc1C)C(=O)OC. The van der Waals surface area contributed by atoms with Gasteiger partial charge in [0.25, 0.3) is 0 Å². The second kappa shape index (κ2) is 7.90. The smallest absolute Gasteiger partial charge is 0.322 e. The summed E-state index contributed by atoms with van der Waals surface area (Å²) < 4.78 is 10.6. The van der Waals surface area contributed by atoms with Crippen molar-refractivity contribution in [2.75, 3.05) is 20.3 Å². The third-order valence-corrected chi connectivity index (χ3v) is 3.19. The second-order valence-electron chi connectivity index (χ2n) is 5.00. The largest absolute Gasteiger partial charge is 0.493 e. The Morgan fingerprint density at radius 1 is 1.25 bits per heavy atom. The van der Waals surface area contributed by atoms with Crippen LogP contribution in [-0.4, -0.2) is 32.3 Å². The fourth-order valence-corrected chi connectivity index (χ4v) is 2.37. The van der Waals surface area contributed by atoms with Crippen molar-refractivity contribution in [2.45, 2.75) is 40.2 Å². The lowest BCUT2D eigenvalue weighted by Crippen LogP contribution is -2.38. The van der Waals surface area contributed by atoms with Gasteiger partial charge in [-0.15, -0.1) is 0 Å². The van der Waals surface area contributed by atoms with Gasteiger partial charge in [-0.3, -0.25) is 4.79 Å². The van der Waals surface area contributed by atoms with Crippen molar-refractivity contribution < 1.29 is 14.3 Å². The average molecular weight is 279 g/mol. The molecule has 1 rings (SSSR count). The summed E-state index contributed by atoms with van der Waals surface area (Å²) in [6, 6.07) is 3.89. The minimum atomic E-state index is -0.309. The molecule has 20 heavy (non-hydrogen) atoms. The van der Waals surface area contributed by atoms with Crippen LogP contribution in [0.1, 0.15) is 30.0 Å². The van der Waals surface area contributed by atoms with Gasteiger partial charge in [-0.05, 0) is 38.4 Å². The van der Waals surface area contributed by atoms with E-state index in [2.05, 4.69) is 24.4 Å². The van der Waals surface area contributed by atoms with Gasteiger partial charge in [0, 0.05) is 6.42 Å². The minimum absolute atomic E-state index is 0.243. The molecule has 0 spiro atoms. The van der Waals surface area contributed by atoms with E-state index in [1.54, 1.807) is 0 Å². The maximum atomic E-state index is 11.6. The molecule has 0 bridgehead atoms. The molecule has 0 saturated heterocycles. The first-order chi connectivity index (χ1) is 9.49. The van der Waals surface area contributed by atoms with Crippen molar-refractivity contribution >= 4 is 5.97 Å². The average Bonchev–Trinajstić information content (AvgIpc) is 2.39. The Kier molecular flexibility index (Phi) is 6.52. The molecule has 0 aliphatic heterocycles. The third kappa shape index (κ3) is 4.53.